The van der Waals surface area contributed by atoms with Crippen molar-refractivity contribution in [2.24, 2.45) is 0 Å². The maximum absolute atomic E-state index is 13.2. The summed E-state index contributed by atoms with van der Waals surface area (Å²) in [5.41, 5.74) is 0.941. The Balaban J connectivity index is 2.94. The van der Waals surface area contributed by atoms with Gasteiger partial charge in [-0.25, -0.2) is 4.98 Å². The summed E-state index contributed by atoms with van der Waals surface area (Å²) < 4.78 is 14.3. The monoisotopic (exact) mass is 185 g/mol. The first-order valence-electron chi connectivity index (χ1n) is 3.35. The van der Waals surface area contributed by atoms with Gasteiger partial charge in [0.05, 0.1) is 11.9 Å². The minimum atomic E-state index is -0.566. The van der Waals surface area contributed by atoms with Gasteiger partial charge in [0.2, 0.25) is 5.95 Å². The van der Waals surface area contributed by atoms with Crippen molar-refractivity contribution in [2.75, 3.05) is 0 Å². The van der Waals surface area contributed by atoms with E-state index in [0.717, 1.165) is 4.52 Å². The number of aromatic nitrogens is 3. The molecule has 2 aromatic rings. The molecule has 0 aliphatic heterocycles. The van der Waals surface area contributed by atoms with Crippen LogP contribution in [0.1, 0.15) is 5.69 Å². The Morgan fingerprint density at radius 2 is 2.33 bits per heavy atom. The number of aryl methyl sites for hydroxylation is 1. The third-order valence-electron chi connectivity index (χ3n) is 1.59. The molecular weight excluding hydrogens is 181 g/mol. The number of hydrogen-bond donors (Lipinski definition) is 0. The van der Waals surface area contributed by atoms with Gasteiger partial charge in [-0.1, -0.05) is 11.6 Å². The number of rotatable bonds is 0. The molecular formula is C7H5ClFN3. The third kappa shape index (κ3) is 0.881. The molecule has 2 aromatic heterocycles. The van der Waals surface area contributed by atoms with Crippen molar-refractivity contribution < 1.29 is 4.39 Å². The smallest absolute Gasteiger partial charge is 0.232 e. The summed E-state index contributed by atoms with van der Waals surface area (Å²) in [6, 6.07) is 1.62. The van der Waals surface area contributed by atoms with Crippen molar-refractivity contribution in [2.45, 2.75) is 6.92 Å². The van der Waals surface area contributed by atoms with E-state index in [1.54, 1.807) is 13.0 Å². The maximum atomic E-state index is 13.2. The van der Waals surface area contributed by atoms with E-state index in [-0.39, 0.29) is 5.02 Å². The molecule has 62 valence electrons. The second-order valence-electron chi connectivity index (χ2n) is 2.40. The van der Waals surface area contributed by atoms with Gasteiger partial charge in [0, 0.05) is 6.07 Å². The van der Waals surface area contributed by atoms with Crippen LogP contribution in [0.15, 0.2) is 12.3 Å². The van der Waals surface area contributed by atoms with Crippen LogP contribution in [0.2, 0.25) is 5.02 Å². The third-order valence-corrected chi connectivity index (χ3v) is 2.02. The molecule has 2 rings (SSSR count). The average Bonchev–Trinajstić information content (AvgIpc) is 2.48. The van der Waals surface area contributed by atoms with Gasteiger partial charge in [-0.05, 0) is 6.92 Å². The molecule has 0 aromatic carbocycles. The van der Waals surface area contributed by atoms with Crippen LogP contribution in [0.4, 0.5) is 4.39 Å². The molecule has 5 heteroatoms. The quantitative estimate of drug-likeness (QED) is 0.587. The Hall–Kier alpha value is -1.16. The lowest BCUT2D eigenvalue weighted by atomic mass is 10.4. The van der Waals surface area contributed by atoms with Crippen molar-refractivity contribution in [1.29, 1.82) is 0 Å². The summed E-state index contributed by atoms with van der Waals surface area (Å²) in [5, 5.41) is 3.73. The van der Waals surface area contributed by atoms with E-state index in [2.05, 4.69) is 10.1 Å². The summed E-state index contributed by atoms with van der Waals surface area (Å²) in [5.74, 6) is -0.566. The first-order chi connectivity index (χ1) is 5.70. The molecule has 0 saturated heterocycles. The van der Waals surface area contributed by atoms with Crippen LogP contribution >= 0.6 is 11.6 Å². The van der Waals surface area contributed by atoms with Crippen molar-refractivity contribution in [3.63, 3.8) is 0 Å². The lowest BCUT2D eigenvalue weighted by molar-refractivity contribution is 0.540. The summed E-state index contributed by atoms with van der Waals surface area (Å²) in [4.78, 5) is 4.02. The number of hydrogen-bond acceptors (Lipinski definition) is 2. The van der Waals surface area contributed by atoms with Crippen LogP contribution < -0.4 is 0 Å². The largest absolute Gasteiger partial charge is 0.236 e. The Morgan fingerprint density at radius 1 is 1.58 bits per heavy atom. The van der Waals surface area contributed by atoms with Gasteiger partial charge in [0.25, 0.3) is 0 Å². The molecule has 0 fully saturated rings. The summed E-state index contributed by atoms with van der Waals surface area (Å²) in [7, 11) is 0. The molecule has 12 heavy (non-hydrogen) atoms. The SMILES string of the molecule is Cc1nc2ccnn2c(F)c1Cl. The zero-order valence-electron chi connectivity index (χ0n) is 6.25. The molecule has 0 spiro atoms. The van der Waals surface area contributed by atoms with E-state index in [4.69, 9.17) is 11.6 Å². The van der Waals surface area contributed by atoms with Crippen molar-refractivity contribution in [1.82, 2.24) is 14.6 Å². The lowest BCUT2D eigenvalue weighted by Gasteiger charge is -2.00. The van der Waals surface area contributed by atoms with Crippen LogP contribution in [0, 0.1) is 12.9 Å². The normalized spacial score (nSPS) is 10.9. The van der Waals surface area contributed by atoms with Crippen molar-refractivity contribution >= 4 is 17.2 Å². The minimum Gasteiger partial charge on any atom is -0.232 e. The minimum absolute atomic E-state index is 0.0196. The first kappa shape index (κ1) is 7.49. The second kappa shape index (κ2) is 2.42. The molecule has 0 amide bonds. The predicted molar refractivity (Wildman–Crippen MR) is 42.7 cm³/mol. The van der Waals surface area contributed by atoms with E-state index in [1.165, 1.54) is 6.20 Å². The lowest BCUT2D eigenvalue weighted by Crippen LogP contribution is -2.00. The standard InChI is InChI=1S/C7H5ClFN3/c1-4-6(8)7(9)12-5(11-4)2-3-10-12/h2-3H,1H3. The van der Waals surface area contributed by atoms with Crippen molar-refractivity contribution in [3.8, 4) is 0 Å². The van der Waals surface area contributed by atoms with Gasteiger partial charge in [-0.2, -0.15) is 14.0 Å². The van der Waals surface area contributed by atoms with E-state index < -0.39 is 5.95 Å². The van der Waals surface area contributed by atoms with Gasteiger partial charge < -0.3 is 0 Å². The Labute approximate surface area is 72.8 Å². The molecule has 0 radical (unpaired) electrons. The fourth-order valence-electron chi connectivity index (χ4n) is 0.995. The van der Waals surface area contributed by atoms with Crippen LogP contribution in [0.3, 0.4) is 0 Å². The number of nitrogens with zero attached hydrogens (tertiary/aromatic N) is 3. The fraction of sp³-hybridized carbons (Fsp3) is 0.143. The molecule has 2 heterocycles. The molecule has 0 bridgehead atoms. The molecule has 3 nitrogen and oxygen atoms in total. The van der Waals surface area contributed by atoms with Gasteiger partial charge >= 0.3 is 0 Å². The van der Waals surface area contributed by atoms with E-state index >= 15 is 0 Å². The molecule has 0 unspecified atom stereocenters. The highest BCUT2D eigenvalue weighted by molar-refractivity contribution is 6.31. The van der Waals surface area contributed by atoms with Gasteiger partial charge in [-0.15, -0.1) is 0 Å². The fourth-order valence-corrected chi connectivity index (χ4v) is 1.12. The van der Waals surface area contributed by atoms with Crippen molar-refractivity contribution in [3.05, 3.63) is 28.9 Å². The number of halogens is 2. The van der Waals surface area contributed by atoms with E-state index in [9.17, 15) is 4.39 Å². The summed E-state index contributed by atoms with van der Waals surface area (Å²) in [6.45, 7) is 1.65. The van der Waals surface area contributed by atoms with Gasteiger partial charge in [0.15, 0.2) is 5.65 Å². The topological polar surface area (TPSA) is 30.2 Å². The highest BCUT2D eigenvalue weighted by Crippen LogP contribution is 2.17. The molecule has 0 aliphatic rings. The Kier molecular flexibility index (Phi) is 1.51. The second-order valence-corrected chi connectivity index (χ2v) is 2.78. The van der Waals surface area contributed by atoms with Crippen LogP contribution in [0.5, 0.6) is 0 Å². The predicted octanol–water partition coefficient (Wildman–Crippen LogP) is 1.83. The highest BCUT2D eigenvalue weighted by atomic mass is 35.5. The zero-order chi connectivity index (χ0) is 8.72. The summed E-state index contributed by atoms with van der Waals surface area (Å²) >= 11 is 5.62. The van der Waals surface area contributed by atoms with Crippen LogP contribution in [-0.2, 0) is 0 Å². The van der Waals surface area contributed by atoms with Gasteiger partial charge in [0.1, 0.15) is 5.02 Å². The molecule has 0 atom stereocenters. The number of fused-ring (bicyclic) bond motifs is 1. The van der Waals surface area contributed by atoms with Gasteiger partial charge in [-0.3, -0.25) is 0 Å². The maximum Gasteiger partial charge on any atom is 0.236 e. The first-order valence-corrected chi connectivity index (χ1v) is 3.73. The van der Waals surface area contributed by atoms with E-state index in [1.807, 2.05) is 0 Å². The summed E-state index contributed by atoms with van der Waals surface area (Å²) in [6.07, 6.45) is 1.47. The zero-order valence-corrected chi connectivity index (χ0v) is 7.01. The Bertz CT molecular complexity index is 437. The molecule has 0 aliphatic carbocycles. The Morgan fingerprint density at radius 3 is 3.08 bits per heavy atom. The average molecular weight is 186 g/mol. The molecule has 0 saturated carbocycles. The van der Waals surface area contributed by atoms with Crippen LogP contribution in [-0.4, -0.2) is 14.6 Å². The highest BCUT2D eigenvalue weighted by Gasteiger charge is 2.09. The van der Waals surface area contributed by atoms with E-state index in [0.29, 0.717) is 11.3 Å². The van der Waals surface area contributed by atoms with Crippen LogP contribution in [0.25, 0.3) is 5.65 Å². The molecule has 0 N–H and O–H groups in total.